The molecule has 11 heavy (non-hydrogen) atoms. The quantitative estimate of drug-likeness (QED) is 0.490. The van der Waals surface area contributed by atoms with Crippen molar-refractivity contribution in [1.29, 1.82) is 0 Å². The zero-order chi connectivity index (χ0) is 8.69. The van der Waals surface area contributed by atoms with Gasteiger partial charge in [-0.1, -0.05) is 25.1 Å². The Morgan fingerprint density at radius 3 is 2.18 bits per heavy atom. The van der Waals surface area contributed by atoms with Crippen molar-refractivity contribution in [3.05, 3.63) is 29.8 Å². The molecule has 0 heterocycles. The SMILES string of the molecule is CCc1ccccc1N.CS. The number of benzene rings is 1. The number of thiol groups is 1. The van der Waals surface area contributed by atoms with Crippen LogP contribution in [0.2, 0.25) is 0 Å². The Hall–Kier alpha value is -0.630. The average molecular weight is 169 g/mol. The van der Waals surface area contributed by atoms with E-state index in [4.69, 9.17) is 5.73 Å². The van der Waals surface area contributed by atoms with E-state index in [0.29, 0.717) is 0 Å². The van der Waals surface area contributed by atoms with E-state index in [9.17, 15) is 0 Å². The second kappa shape index (κ2) is 6.10. The zero-order valence-corrected chi connectivity index (χ0v) is 7.94. The molecule has 0 aromatic heterocycles. The first-order valence-corrected chi connectivity index (χ1v) is 4.52. The lowest BCUT2D eigenvalue weighted by molar-refractivity contribution is 1.14. The van der Waals surface area contributed by atoms with Gasteiger partial charge in [-0.25, -0.2) is 0 Å². The Morgan fingerprint density at radius 1 is 1.27 bits per heavy atom. The normalized spacial score (nSPS) is 8.27. The van der Waals surface area contributed by atoms with E-state index < -0.39 is 0 Å². The summed E-state index contributed by atoms with van der Waals surface area (Å²) in [6.07, 6.45) is 2.71. The first-order chi connectivity index (χ1) is 5.34. The summed E-state index contributed by atoms with van der Waals surface area (Å²) < 4.78 is 0. The molecule has 0 bridgehead atoms. The predicted octanol–water partition coefficient (Wildman–Crippen LogP) is 2.38. The van der Waals surface area contributed by atoms with Gasteiger partial charge in [-0.05, 0) is 24.3 Å². The summed E-state index contributed by atoms with van der Waals surface area (Å²) in [6.45, 7) is 2.10. The van der Waals surface area contributed by atoms with Gasteiger partial charge in [-0.2, -0.15) is 12.6 Å². The molecule has 0 unspecified atom stereocenters. The van der Waals surface area contributed by atoms with Crippen LogP contribution in [0.3, 0.4) is 0 Å². The van der Waals surface area contributed by atoms with Crippen molar-refractivity contribution < 1.29 is 0 Å². The van der Waals surface area contributed by atoms with Crippen LogP contribution in [-0.2, 0) is 6.42 Å². The number of nitrogens with two attached hydrogens (primary N) is 1. The highest BCUT2D eigenvalue weighted by Gasteiger charge is 1.90. The van der Waals surface area contributed by atoms with Gasteiger partial charge in [0.2, 0.25) is 0 Å². The highest BCUT2D eigenvalue weighted by molar-refractivity contribution is 7.79. The van der Waals surface area contributed by atoms with E-state index in [2.05, 4.69) is 25.6 Å². The van der Waals surface area contributed by atoms with Crippen molar-refractivity contribution in [2.24, 2.45) is 0 Å². The van der Waals surface area contributed by atoms with Gasteiger partial charge in [0.05, 0.1) is 0 Å². The number of para-hydroxylation sites is 1. The van der Waals surface area contributed by atoms with Crippen LogP contribution in [0.5, 0.6) is 0 Å². The molecule has 0 aliphatic heterocycles. The van der Waals surface area contributed by atoms with E-state index in [1.807, 2.05) is 18.2 Å². The molecule has 0 aliphatic rings. The Balaban J connectivity index is 0.000000461. The Kier molecular flexibility index (Phi) is 5.75. The van der Waals surface area contributed by atoms with Crippen molar-refractivity contribution in [3.63, 3.8) is 0 Å². The van der Waals surface area contributed by atoms with Crippen molar-refractivity contribution in [2.75, 3.05) is 12.0 Å². The van der Waals surface area contributed by atoms with Gasteiger partial charge in [0.15, 0.2) is 0 Å². The summed E-state index contributed by atoms with van der Waals surface area (Å²) in [6, 6.07) is 7.94. The first kappa shape index (κ1) is 10.4. The standard InChI is InChI=1S/C8H11N.CH4S/c1-2-7-5-3-4-6-8(7)9;1-2/h3-6H,2,9H2,1H3;2H,1H3. The summed E-state index contributed by atoms with van der Waals surface area (Å²) in [5.41, 5.74) is 7.77. The summed E-state index contributed by atoms with van der Waals surface area (Å²) in [5.74, 6) is 0. The molecule has 0 fully saturated rings. The van der Waals surface area contributed by atoms with Crippen molar-refractivity contribution in [1.82, 2.24) is 0 Å². The average Bonchev–Trinajstić information content (AvgIpc) is 2.09. The first-order valence-electron chi connectivity index (χ1n) is 3.62. The van der Waals surface area contributed by atoms with Crippen LogP contribution in [0.25, 0.3) is 0 Å². The molecule has 1 nitrogen and oxygen atoms in total. The molecule has 0 aliphatic carbocycles. The Bertz CT molecular complexity index is 199. The molecule has 0 saturated heterocycles. The Morgan fingerprint density at radius 2 is 1.82 bits per heavy atom. The largest absolute Gasteiger partial charge is 0.399 e. The number of rotatable bonds is 1. The van der Waals surface area contributed by atoms with E-state index in [1.165, 1.54) is 5.56 Å². The predicted molar refractivity (Wildman–Crippen MR) is 55.1 cm³/mol. The third-order valence-electron chi connectivity index (χ3n) is 1.44. The molecule has 1 aromatic rings. The van der Waals surface area contributed by atoms with Gasteiger partial charge in [0.1, 0.15) is 0 Å². The van der Waals surface area contributed by atoms with Gasteiger partial charge in [-0.3, -0.25) is 0 Å². The van der Waals surface area contributed by atoms with Gasteiger partial charge in [-0.15, -0.1) is 0 Å². The maximum absolute atomic E-state index is 5.63. The molecule has 62 valence electrons. The van der Waals surface area contributed by atoms with Crippen molar-refractivity contribution in [3.8, 4) is 0 Å². The third kappa shape index (κ3) is 3.33. The minimum absolute atomic E-state index is 0.903. The number of aryl methyl sites for hydroxylation is 1. The fourth-order valence-electron chi connectivity index (χ4n) is 0.856. The summed E-state index contributed by atoms with van der Waals surface area (Å²) in [7, 11) is 0. The van der Waals surface area contributed by atoms with Crippen LogP contribution in [0.1, 0.15) is 12.5 Å². The molecule has 0 atom stereocenters. The fourth-order valence-corrected chi connectivity index (χ4v) is 0.856. The molecular weight excluding hydrogens is 154 g/mol. The van der Waals surface area contributed by atoms with Crippen LogP contribution in [0, 0.1) is 0 Å². The molecule has 2 heteroatoms. The molecule has 0 amide bonds. The zero-order valence-electron chi connectivity index (χ0n) is 7.04. The monoisotopic (exact) mass is 169 g/mol. The second-order valence-electron chi connectivity index (χ2n) is 2.05. The van der Waals surface area contributed by atoms with Gasteiger partial charge >= 0.3 is 0 Å². The molecule has 1 rings (SSSR count). The van der Waals surface area contributed by atoms with Crippen LogP contribution in [0.4, 0.5) is 5.69 Å². The van der Waals surface area contributed by atoms with Crippen LogP contribution in [0.15, 0.2) is 24.3 Å². The number of hydrogen-bond acceptors (Lipinski definition) is 2. The summed E-state index contributed by atoms with van der Waals surface area (Å²) in [4.78, 5) is 0. The molecule has 0 spiro atoms. The smallest absolute Gasteiger partial charge is 0.0346 e. The molecule has 0 radical (unpaired) electrons. The number of anilines is 1. The number of nitrogen functional groups attached to an aromatic ring is 1. The highest BCUT2D eigenvalue weighted by atomic mass is 32.1. The highest BCUT2D eigenvalue weighted by Crippen LogP contribution is 2.09. The second-order valence-corrected chi connectivity index (χ2v) is 2.05. The van der Waals surface area contributed by atoms with Crippen LogP contribution in [-0.4, -0.2) is 6.26 Å². The van der Waals surface area contributed by atoms with Crippen molar-refractivity contribution in [2.45, 2.75) is 13.3 Å². The minimum Gasteiger partial charge on any atom is -0.399 e. The topological polar surface area (TPSA) is 26.0 Å². The fraction of sp³-hybridized carbons (Fsp3) is 0.333. The Labute approximate surface area is 74.0 Å². The van der Waals surface area contributed by atoms with E-state index in [-0.39, 0.29) is 0 Å². The lowest BCUT2D eigenvalue weighted by Crippen LogP contribution is -1.90. The van der Waals surface area contributed by atoms with Crippen LogP contribution < -0.4 is 5.73 Å². The lowest BCUT2D eigenvalue weighted by Gasteiger charge is -1.98. The molecule has 0 saturated carbocycles. The minimum atomic E-state index is 0.903. The molecule has 2 N–H and O–H groups in total. The van der Waals surface area contributed by atoms with E-state index >= 15 is 0 Å². The maximum Gasteiger partial charge on any atom is 0.0346 e. The molecule has 1 aromatic carbocycles. The molecular formula is C9H15NS. The summed E-state index contributed by atoms with van der Waals surface area (Å²) >= 11 is 3.53. The lowest BCUT2D eigenvalue weighted by atomic mass is 10.1. The van der Waals surface area contributed by atoms with Gasteiger partial charge in [0.25, 0.3) is 0 Å². The van der Waals surface area contributed by atoms with E-state index in [0.717, 1.165) is 12.1 Å². The summed E-state index contributed by atoms with van der Waals surface area (Å²) in [5, 5.41) is 0. The van der Waals surface area contributed by atoms with Crippen LogP contribution >= 0.6 is 12.6 Å². The van der Waals surface area contributed by atoms with Crippen molar-refractivity contribution >= 4 is 18.3 Å². The number of hydrogen-bond donors (Lipinski definition) is 2. The third-order valence-corrected chi connectivity index (χ3v) is 1.44. The maximum atomic E-state index is 5.63. The van der Waals surface area contributed by atoms with Gasteiger partial charge < -0.3 is 5.73 Å². The van der Waals surface area contributed by atoms with Gasteiger partial charge in [0, 0.05) is 5.69 Å². The van der Waals surface area contributed by atoms with E-state index in [1.54, 1.807) is 6.26 Å².